The number of alkyl halides is 2. The maximum Gasteiger partial charge on any atom is 0.387 e. The van der Waals surface area contributed by atoms with Gasteiger partial charge in [-0.15, -0.1) is 0 Å². The Labute approximate surface area is 149 Å². The lowest BCUT2D eigenvalue weighted by Gasteiger charge is -2.14. The number of esters is 1. The first kappa shape index (κ1) is 20.1. The Morgan fingerprint density at radius 1 is 0.963 bits per heavy atom. The van der Waals surface area contributed by atoms with Gasteiger partial charge in [0.1, 0.15) is 5.75 Å². The third kappa shape index (κ3) is 5.16. The van der Waals surface area contributed by atoms with Crippen molar-refractivity contribution in [3.8, 4) is 5.75 Å². The molecule has 0 radical (unpaired) electrons. The van der Waals surface area contributed by atoms with E-state index in [1.807, 2.05) is 5.32 Å². The molecule has 0 saturated heterocycles. The Balaban J connectivity index is 1.99. The molecule has 0 heterocycles. The Morgan fingerprint density at radius 3 is 2.19 bits per heavy atom. The third-order valence-electron chi connectivity index (χ3n) is 3.26. The second kappa shape index (κ2) is 8.47. The zero-order chi connectivity index (χ0) is 20.1. The first-order valence-corrected chi connectivity index (χ1v) is 7.39. The summed E-state index contributed by atoms with van der Waals surface area (Å²) in [5.41, 5.74) is -0.689. The first-order valence-electron chi connectivity index (χ1n) is 7.39. The number of amides is 1. The number of carbonyl (C=O) groups is 2. The number of carbonyl (C=O) groups excluding carboxylic acids is 2. The number of nitrogens with one attached hydrogen (secondary N) is 1. The van der Waals surface area contributed by atoms with E-state index in [0.717, 1.165) is 30.3 Å². The van der Waals surface area contributed by atoms with Crippen molar-refractivity contribution < 1.29 is 41.0 Å². The summed E-state index contributed by atoms with van der Waals surface area (Å²) >= 11 is 0. The van der Waals surface area contributed by atoms with Crippen molar-refractivity contribution in [1.29, 1.82) is 0 Å². The molecule has 27 heavy (non-hydrogen) atoms. The van der Waals surface area contributed by atoms with Gasteiger partial charge in [-0.1, -0.05) is 0 Å². The molecule has 0 saturated carbocycles. The van der Waals surface area contributed by atoms with Gasteiger partial charge in [0.25, 0.3) is 5.91 Å². The molecule has 1 N–H and O–H groups in total. The van der Waals surface area contributed by atoms with Crippen LogP contribution < -0.4 is 10.1 Å². The molecule has 0 aromatic heterocycles. The van der Waals surface area contributed by atoms with Crippen molar-refractivity contribution in [2.45, 2.75) is 19.6 Å². The SMILES string of the molecule is C[C@@H](OC(=O)c1ccc(OC(F)F)cc1)C(=O)Nc1ccc(F)c(F)c1F. The van der Waals surface area contributed by atoms with Gasteiger partial charge in [0.15, 0.2) is 23.6 Å². The van der Waals surface area contributed by atoms with Crippen LogP contribution in [0.15, 0.2) is 36.4 Å². The highest BCUT2D eigenvalue weighted by atomic mass is 19.3. The standard InChI is InChI=1S/C17H12F5NO4/c1-8(15(24)23-12-7-6-11(18)13(19)14(12)20)26-16(25)9-2-4-10(5-3-9)27-17(21)22/h2-8,17H,1H3,(H,23,24)/t8-/m1/s1. The zero-order valence-corrected chi connectivity index (χ0v) is 13.6. The van der Waals surface area contributed by atoms with Gasteiger partial charge in [-0.2, -0.15) is 8.78 Å². The molecule has 0 bridgehead atoms. The molecular weight excluding hydrogens is 377 g/mol. The van der Waals surface area contributed by atoms with Crippen LogP contribution in [0.25, 0.3) is 0 Å². The maximum atomic E-state index is 13.5. The summed E-state index contributed by atoms with van der Waals surface area (Å²) in [7, 11) is 0. The van der Waals surface area contributed by atoms with Crippen LogP contribution in [-0.2, 0) is 9.53 Å². The van der Waals surface area contributed by atoms with E-state index in [1.165, 1.54) is 6.92 Å². The predicted octanol–water partition coefficient (Wildman–Crippen LogP) is 3.89. The second-order valence-electron chi connectivity index (χ2n) is 5.16. The fourth-order valence-electron chi connectivity index (χ4n) is 1.91. The number of ether oxygens (including phenoxy) is 2. The number of halogens is 5. The minimum atomic E-state index is -3.02. The van der Waals surface area contributed by atoms with Crippen molar-refractivity contribution in [3.05, 3.63) is 59.4 Å². The molecule has 2 aromatic rings. The summed E-state index contributed by atoms with van der Waals surface area (Å²) in [6, 6.07) is 5.91. The molecule has 10 heteroatoms. The molecule has 144 valence electrons. The highest BCUT2D eigenvalue weighted by Gasteiger charge is 2.22. The van der Waals surface area contributed by atoms with Crippen LogP contribution in [0.4, 0.5) is 27.6 Å². The summed E-state index contributed by atoms with van der Waals surface area (Å²) in [6.07, 6.45) is -1.41. The van der Waals surface area contributed by atoms with Gasteiger partial charge in [-0.05, 0) is 43.3 Å². The fourth-order valence-corrected chi connectivity index (χ4v) is 1.91. The number of rotatable bonds is 6. The van der Waals surface area contributed by atoms with E-state index in [-0.39, 0.29) is 11.3 Å². The molecule has 0 fully saturated rings. The largest absolute Gasteiger partial charge is 0.449 e. The molecule has 2 aromatic carbocycles. The molecule has 0 aliphatic rings. The third-order valence-corrected chi connectivity index (χ3v) is 3.26. The summed E-state index contributed by atoms with van der Waals surface area (Å²) < 4.78 is 72.7. The second-order valence-corrected chi connectivity index (χ2v) is 5.16. The number of benzene rings is 2. The number of hydrogen-bond donors (Lipinski definition) is 1. The lowest BCUT2D eigenvalue weighted by molar-refractivity contribution is -0.123. The van der Waals surface area contributed by atoms with Crippen molar-refractivity contribution >= 4 is 17.6 Å². The van der Waals surface area contributed by atoms with E-state index in [2.05, 4.69) is 4.74 Å². The van der Waals surface area contributed by atoms with Crippen LogP contribution >= 0.6 is 0 Å². The molecule has 0 spiro atoms. The van der Waals surface area contributed by atoms with Gasteiger partial charge in [0, 0.05) is 0 Å². The van der Waals surface area contributed by atoms with Crippen LogP contribution in [0.2, 0.25) is 0 Å². The monoisotopic (exact) mass is 389 g/mol. The van der Waals surface area contributed by atoms with Crippen LogP contribution in [-0.4, -0.2) is 24.6 Å². The molecule has 0 aliphatic heterocycles. The first-order chi connectivity index (χ1) is 12.7. The van der Waals surface area contributed by atoms with Crippen molar-refractivity contribution in [3.63, 3.8) is 0 Å². The highest BCUT2D eigenvalue weighted by molar-refractivity contribution is 5.97. The summed E-state index contributed by atoms with van der Waals surface area (Å²) in [6.45, 7) is -1.86. The van der Waals surface area contributed by atoms with E-state index >= 15 is 0 Å². The van der Waals surface area contributed by atoms with Gasteiger partial charge in [-0.3, -0.25) is 4.79 Å². The molecule has 1 atom stereocenters. The smallest absolute Gasteiger partial charge is 0.387 e. The molecule has 0 unspecified atom stereocenters. The fraction of sp³-hybridized carbons (Fsp3) is 0.176. The lowest BCUT2D eigenvalue weighted by Crippen LogP contribution is -2.30. The van der Waals surface area contributed by atoms with E-state index < -0.39 is 47.7 Å². The molecule has 1 amide bonds. The topological polar surface area (TPSA) is 64.6 Å². The van der Waals surface area contributed by atoms with Gasteiger partial charge in [-0.25, -0.2) is 18.0 Å². The van der Waals surface area contributed by atoms with Gasteiger partial charge >= 0.3 is 12.6 Å². The lowest BCUT2D eigenvalue weighted by atomic mass is 10.2. The van der Waals surface area contributed by atoms with Crippen LogP contribution in [0, 0.1) is 17.5 Å². The quantitative estimate of drug-likeness (QED) is 0.463. The van der Waals surface area contributed by atoms with E-state index in [4.69, 9.17) is 4.74 Å². The average molecular weight is 389 g/mol. The number of hydrogen-bond acceptors (Lipinski definition) is 4. The van der Waals surface area contributed by atoms with Crippen LogP contribution in [0.1, 0.15) is 17.3 Å². The van der Waals surface area contributed by atoms with E-state index in [1.54, 1.807) is 0 Å². The predicted molar refractivity (Wildman–Crippen MR) is 82.9 cm³/mol. The highest BCUT2D eigenvalue weighted by Crippen LogP contribution is 2.20. The Hall–Kier alpha value is -3.17. The van der Waals surface area contributed by atoms with E-state index in [0.29, 0.717) is 6.07 Å². The minimum Gasteiger partial charge on any atom is -0.449 e. The molecule has 2 rings (SSSR count). The maximum absolute atomic E-state index is 13.5. The van der Waals surface area contributed by atoms with Crippen molar-refractivity contribution in [1.82, 2.24) is 0 Å². The number of anilines is 1. The normalized spacial score (nSPS) is 11.8. The van der Waals surface area contributed by atoms with E-state index in [9.17, 15) is 31.5 Å². The average Bonchev–Trinajstić information content (AvgIpc) is 2.62. The Bertz CT molecular complexity index is 842. The van der Waals surface area contributed by atoms with Gasteiger partial charge in [0.05, 0.1) is 11.3 Å². The Morgan fingerprint density at radius 2 is 1.59 bits per heavy atom. The van der Waals surface area contributed by atoms with Crippen molar-refractivity contribution in [2.75, 3.05) is 5.32 Å². The molecule has 0 aliphatic carbocycles. The van der Waals surface area contributed by atoms with Crippen LogP contribution in [0.5, 0.6) is 5.75 Å². The summed E-state index contributed by atoms with van der Waals surface area (Å²) in [4.78, 5) is 23.9. The van der Waals surface area contributed by atoms with Crippen molar-refractivity contribution in [2.24, 2.45) is 0 Å². The summed E-state index contributed by atoms with van der Waals surface area (Å²) in [5.74, 6) is -6.93. The van der Waals surface area contributed by atoms with Gasteiger partial charge < -0.3 is 14.8 Å². The summed E-state index contributed by atoms with van der Waals surface area (Å²) in [5, 5.41) is 1.96. The molecular formula is C17H12F5NO4. The zero-order valence-electron chi connectivity index (χ0n) is 13.6. The Kier molecular flexibility index (Phi) is 6.32. The van der Waals surface area contributed by atoms with Crippen LogP contribution in [0.3, 0.4) is 0 Å². The minimum absolute atomic E-state index is 0.0599. The van der Waals surface area contributed by atoms with Gasteiger partial charge in [0.2, 0.25) is 0 Å². The molecule has 5 nitrogen and oxygen atoms in total.